The Kier molecular flexibility index (Phi) is 3.75. The molecule has 0 saturated heterocycles. The summed E-state index contributed by atoms with van der Waals surface area (Å²) in [4.78, 5) is 11.9. The maximum Gasteiger partial charge on any atom is 0.325 e. The van der Waals surface area contributed by atoms with E-state index >= 15 is 0 Å². The lowest BCUT2D eigenvalue weighted by molar-refractivity contribution is -0.142. The number of alkyl halides is 1. The second-order valence-corrected chi connectivity index (χ2v) is 4.02. The van der Waals surface area contributed by atoms with E-state index in [-0.39, 0.29) is 10.8 Å². The summed E-state index contributed by atoms with van der Waals surface area (Å²) in [7, 11) is 0. The van der Waals surface area contributed by atoms with Gasteiger partial charge in [-0.1, -0.05) is 22.0 Å². The molecule has 12 heavy (non-hydrogen) atoms. The highest BCUT2D eigenvalue weighted by atomic mass is 79.9. The first-order chi connectivity index (χ1) is 5.75. The van der Waals surface area contributed by atoms with Gasteiger partial charge in [-0.3, -0.25) is 4.79 Å². The maximum absolute atomic E-state index is 11.2. The van der Waals surface area contributed by atoms with Crippen molar-refractivity contribution in [3.05, 3.63) is 22.4 Å². The van der Waals surface area contributed by atoms with Crippen molar-refractivity contribution < 1.29 is 9.53 Å². The SMILES string of the molecule is CCOC(=O)C(Br)c1cccs1. The fourth-order valence-corrected chi connectivity index (χ4v) is 2.06. The van der Waals surface area contributed by atoms with Crippen LogP contribution in [0.4, 0.5) is 0 Å². The van der Waals surface area contributed by atoms with Crippen molar-refractivity contribution in [2.75, 3.05) is 6.61 Å². The van der Waals surface area contributed by atoms with Crippen molar-refractivity contribution in [2.45, 2.75) is 11.8 Å². The molecule has 2 nitrogen and oxygen atoms in total. The zero-order valence-corrected chi connectivity index (χ0v) is 9.02. The molecule has 0 aromatic carbocycles. The molecular weight excluding hydrogens is 240 g/mol. The Morgan fingerprint density at radius 2 is 2.58 bits per heavy atom. The predicted molar refractivity (Wildman–Crippen MR) is 52.6 cm³/mol. The van der Waals surface area contributed by atoms with Crippen LogP contribution in [0, 0.1) is 0 Å². The van der Waals surface area contributed by atoms with Crippen molar-refractivity contribution in [2.24, 2.45) is 0 Å². The summed E-state index contributed by atoms with van der Waals surface area (Å²) >= 11 is 4.80. The molecule has 0 N–H and O–H groups in total. The van der Waals surface area contributed by atoms with Gasteiger partial charge in [0.2, 0.25) is 0 Å². The van der Waals surface area contributed by atoms with Crippen molar-refractivity contribution in [1.82, 2.24) is 0 Å². The average Bonchev–Trinajstić information content (AvgIpc) is 2.55. The molecule has 0 aliphatic heterocycles. The van der Waals surface area contributed by atoms with Gasteiger partial charge in [0.1, 0.15) is 4.83 Å². The number of carbonyl (C=O) groups excluding carboxylic acids is 1. The van der Waals surface area contributed by atoms with Crippen LogP contribution in [0.1, 0.15) is 16.6 Å². The van der Waals surface area contributed by atoms with Gasteiger partial charge >= 0.3 is 5.97 Å². The Hall–Kier alpha value is -0.350. The molecular formula is C8H9BrO2S. The fraction of sp³-hybridized carbons (Fsp3) is 0.375. The van der Waals surface area contributed by atoms with Gasteiger partial charge in [0.05, 0.1) is 6.61 Å². The number of hydrogen-bond acceptors (Lipinski definition) is 3. The molecule has 0 fully saturated rings. The van der Waals surface area contributed by atoms with Crippen molar-refractivity contribution in [3.8, 4) is 0 Å². The number of thiophene rings is 1. The number of rotatable bonds is 3. The molecule has 1 unspecified atom stereocenters. The zero-order chi connectivity index (χ0) is 8.97. The largest absolute Gasteiger partial charge is 0.465 e. The van der Waals surface area contributed by atoms with Crippen LogP contribution in [-0.4, -0.2) is 12.6 Å². The van der Waals surface area contributed by atoms with E-state index < -0.39 is 0 Å². The topological polar surface area (TPSA) is 26.3 Å². The standard InChI is InChI=1S/C8H9BrO2S/c1-2-11-8(10)7(9)6-4-3-5-12-6/h3-5,7H,2H2,1H3. The number of halogens is 1. The van der Waals surface area contributed by atoms with E-state index in [9.17, 15) is 4.79 Å². The molecule has 66 valence electrons. The van der Waals surface area contributed by atoms with Gasteiger partial charge in [0.15, 0.2) is 0 Å². The molecule has 0 saturated carbocycles. The number of ether oxygens (including phenoxy) is 1. The summed E-state index contributed by atoms with van der Waals surface area (Å²) < 4.78 is 4.85. The van der Waals surface area contributed by atoms with Gasteiger partial charge in [0, 0.05) is 4.88 Å². The van der Waals surface area contributed by atoms with Gasteiger partial charge in [-0.25, -0.2) is 0 Å². The van der Waals surface area contributed by atoms with E-state index in [2.05, 4.69) is 15.9 Å². The summed E-state index contributed by atoms with van der Waals surface area (Å²) in [6.07, 6.45) is 0. The lowest BCUT2D eigenvalue weighted by Gasteiger charge is -2.05. The minimum absolute atomic E-state index is 0.222. The van der Waals surface area contributed by atoms with Crippen LogP contribution in [0.2, 0.25) is 0 Å². The van der Waals surface area contributed by atoms with Crippen LogP contribution >= 0.6 is 27.3 Å². The Balaban J connectivity index is 2.59. The summed E-state index contributed by atoms with van der Waals surface area (Å²) in [5.41, 5.74) is 0. The molecule has 0 amide bonds. The molecule has 0 aliphatic rings. The highest BCUT2D eigenvalue weighted by Crippen LogP contribution is 2.27. The van der Waals surface area contributed by atoms with Gasteiger partial charge in [-0.05, 0) is 18.4 Å². The van der Waals surface area contributed by atoms with Crippen LogP contribution in [0.25, 0.3) is 0 Å². The molecule has 1 aromatic rings. The van der Waals surface area contributed by atoms with Gasteiger partial charge in [-0.2, -0.15) is 0 Å². The summed E-state index contributed by atoms with van der Waals surface area (Å²) in [5.74, 6) is -0.222. The first-order valence-corrected chi connectivity index (χ1v) is 5.39. The Labute approximate surface area is 83.7 Å². The number of carbonyl (C=O) groups is 1. The van der Waals surface area contributed by atoms with Crippen molar-refractivity contribution in [3.63, 3.8) is 0 Å². The third-order valence-electron chi connectivity index (χ3n) is 1.29. The fourth-order valence-electron chi connectivity index (χ4n) is 0.767. The van der Waals surface area contributed by atoms with Gasteiger partial charge < -0.3 is 4.74 Å². The molecule has 4 heteroatoms. The van der Waals surface area contributed by atoms with Crippen molar-refractivity contribution >= 4 is 33.2 Å². The van der Waals surface area contributed by atoms with E-state index in [1.165, 1.54) is 11.3 Å². The van der Waals surface area contributed by atoms with Crippen molar-refractivity contribution in [1.29, 1.82) is 0 Å². The number of esters is 1. The third kappa shape index (κ3) is 2.32. The monoisotopic (exact) mass is 248 g/mol. The Bertz CT molecular complexity index is 246. The minimum Gasteiger partial charge on any atom is -0.465 e. The Morgan fingerprint density at radius 3 is 3.08 bits per heavy atom. The lowest BCUT2D eigenvalue weighted by atomic mass is 10.3. The van der Waals surface area contributed by atoms with Crippen LogP contribution in [0.5, 0.6) is 0 Å². The minimum atomic E-state index is -0.308. The average molecular weight is 249 g/mol. The second kappa shape index (κ2) is 4.62. The predicted octanol–water partition coefficient (Wildman–Crippen LogP) is 2.75. The second-order valence-electron chi connectivity index (χ2n) is 2.13. The quantitative estimate of drug-likeness (QED) is 0.608. The molecule has 1 heterocycles. The maximum atomic E-state index is 11.2. The molecule has 1 aromatic heterocycles. The zero-order valence-electron chi connectivity index (χ0n) is 6.62. The molecule has 1 rings (SSSR count). The molecule has 0 spiro atoms. The molecule has 0 aliphatic carbocycles. The highest BCUT2D eigenvalue weighted by molar-refractivity contribution is 9.09. The van der Waals surface area contributed by atoms with E-state index in [1.54, 1.807) is 6.92 Å². The number of hydrogen-bond donors (Lipinski definition) is 0. The van der Waals surface area contributed by atoms with E-state index in [0.29, 0.717) is 6.61 Å². The normalized spacial score (nSPS) is 12.5. The van der Waals surface area contributed by atoms with E-state index in [0.717, 1.165) is 4.88 Å². The van der Waals surface area contributed by atoms with Gasteiger partial charge in [0.25, 0.3) is 0 Å². The third-order valence-corrected chi connectivity index (χ3v) is 3.39. The molecule has 0 bridgehead atoms. The summed E-state index contributed by atoms with van der Waals surface area (Å²) in [5, 5.41) is 1.93. The smallest absolute Gasteiger partial charge is 0.325 e. The lowest BCUT2D eigenvalue weighted by Crippen LogP contribution is -2.09. The van der Waals surface area contributed by atoms with Crippen LogP contribution in [-0.2, 0) is 9.53 Å². The highest BCUT2D eigenvalue weighted by Gasteiger charge is 2.18. The van der Waals surface area contributed by atoms with E-state index in [1.807, 2.05) is 17.5 Å². The van der Waals surface area contributed by atoms with Crippen LogP contribution in [0.15, 0.2) is 17.5 Å². The first-order valence-electron chi connectivity index (χ1n) is 3.59. The first kappa shape index (κ1) is 9.74. The summed E-state index contributed by atoms with van der Waals surface area (Å²) in [6.45, 7) is 2.22. The molecule has 0 radical (unpaired) electrons. The van der Waals surface area contributed by atoms with Gasteiger partial charge in [-0.15, -0.1) is 11.3 Å². The summed E-state index contributed by atoms with van der Waals surface area (Å²) in [6, 6.07) is 3.81. The van der Waals surface area contributed by atoms with E-state index in [4.69, 9.17) is 4.74 Å². The molecule has 1 atom stereocenters. The van der Waals surface area contributed by atoms with Crippen LogP contribution in [0.3, 0.4) is 0 Å². The Morgan fingerprint density at radius 1 is 1.83 bits per heavy atom. The van der Waals surface area contributed by atoms with Crippen LogP contribution < -0.4 is 0 Å².